The lowest BCUT2D eigenvalue weighted by Crippen LogP contribution is -2.19. The first-order valence-electron chi connectivity index (χ1n) is 5.31. The number of carbonyl (C=O) groups excluding carboxylic acids is 1. The molecular weight excluding hydrogens is 252 g/mol. The van der Waals surface area contributed by atoms with Gasteiger partial charge in [-0.15, -0.1) is 0 Å². The minimum absolute atomic E-state index is 0.0322. The van der Waals surface area contributed by atoms with Crippen LogP contribution in [0.1, 0.15) is 0 Å². The fourth-order valence-electron chi connectivity index (χ4n) is 1.33. The number of rotatable bonds is 5. The van der Waals surface area contributed by atoms with Crippen molar-refractivity contribution < 1.29 is 14.5 Å². The molecule has 0 saturated heterocycles. The largest absolute Gasteiger partial charge is 0.484 e. The van der Waals surface area contributed by atoms with Crippen LogP contribution in [-0.2, 0) is 4.79 Å². The van der Waals surface area contributed by atoms with Crippen LogP contribution in [0.3, 0.4) is 0 Å². The summed E-state index contributed by atoms with van der Waals surface area (Å²) in [7, 11) is 0. The molecule has 0 saturated carbocycles. The number of nitrogens with zero attached hydrogens (tertiary/aromatic N) is 2. The van der Waals surface area contributed by atoms with Crippen LogP contribution in [0.2, 0.25) is 0 Å². The molecule has 1 amide bonds. The molecule has 0 bridgehead atoms. The van der Waals surface area contributed by atoms with E-state index >= 15 is 0 Å². The summed E-state index contributed by atoms with van der Waals surface area (Å²) in [6, 6.07) is 5.49. The predicted molar refractivity (Wildman–Crippen MR) is 65.8 cm³/mol. The highest BCUT2D eigenvalue weighted by Gasteiger charge is 2.07. The Kier molecular flexibility index (Phi) is 3.72. The van der Waals surface area contributed by atoms with E-state index in [1.165, 1.54) is 36.7 Å². The molecule has 0 atom stereocenters. The fourth-order valence-corrected chi connectivity index (χ4v) is 1.33. The highest BCUT2D eigenvalue weighted by molar-refractivity contribution is 5.91. The summed E-state index contributed by atoms with van der Waals surface area (Å²) >= 11 is 0. The average Bonchev–Trinajstić information content (AvgIpc) is 2.89. The Morgan fingerprint density at radius 1 is 1.42 bits per heavy atom. The molecule has 0 aliphatic heterocycles. The Bertz CT molecular complexity index is 565. The van der Waals surface area contributed by atoms with Crippen molar-refractivity contribution in [1.29, 1.82) is 0 Å². The summed E-state index contributed by atoms with van der Waals surface area (Å²) in [6.45, 7) is -0.191. The molecule has 8 nitrogen and oxygen atoms in total. The molecule has 98 valence electrons. The molecule has 1 aromatic heterocycles. The normalized spacial score (nSPS) is 9.89. The van der Waals surface area contributed by atoms with E-state index in [1.54, 1.807) is 0 Å². The number of nitro benzene ring substituents is 1. The Hall–Kier alpha value is -2.90. The molecule has 1 heterocycles. The molecule has 8 heteroatoms. The zero-order valence-corrected chi connectivity index (χ0v) is 9.70. The van der Waals surface area contributed by atoms with Gasteiger partial charge in [0.15, 0.2) is 6.61 Å². The number of carbonyl (C=O) groups is 1. The predicted octanol–water partition coefficient (Wildman–Crippen LogP) is 1.34. The zero-order chi connectivity index (χ0) is 13.7. The second-order valence-corrected chi connectivity index (χ2v) is 3.57. The quantitative estimate of drug-likeness (QED) is 0.624. The number of benzene rings is 1. The highest BCUT2D eigenvalue weighted by Crippen LogP contribution is 2.17. The lowest BCUT2D eigenvalue weighted by atomic mass is 10.3. The van der Waals surface area contributed by atoms with Crippen LogP contribution in [0.5, 0.6) is 5.75 Å². The molecule has 0 radical (unpaired) electrons. The number of hydrogen-bond donors (Lipinski definition) is 2. The standard InChI is InChI=1S/C11H10N4O4/c16-11(14-8-5-12-13-6-8)7-19-10-3-1-9(2-4-10)15(17)18/h1-6H,7H2,(H,12,13)(H,14,16). The topological polar surface area (TPSA) is 110 Å². The van der Waals surface area contributed by atoms with Crippen LogP contribution in [0.15, 0.2) is 36.7 Å². The van der Waals surface area contributed by atoms with Crippen LogP contribution >= 0.6 is 0 Å². The van der Waals surface area contributed by atoms with E-state index in [-0.39, 0.29) is 18.2 Å². The Morgan fingerprint density at radius 2 is 2.16 bits per heavy atom. The SMILES string of the molecule is O=C(COc1ccc([N+](=O)[O-])cc1)Nc1cn[nH]c1. The van der Waals surface area contributed by atoms with E-state index in [0.29, 0.717) is 11.4 Å². The Balaban J connectivity index is 1.84. The van der Waals surface area contributed by atoms with E-state index in [4.69, 9.17) is 4.74 Å². The van der Waals surface area contributed by atoms with Crippen LogP contribution in [-0.4, -0.2) is 27.6 Å². The van der Waals surface area contributed by atoms with Crippen molar-refractivity contribution in [2.45, 2.75) is 0 Å². The van der Waals surface area contributed by atoms with Gasteiger partial charge in [0, 0.05) is 18.3 Å². The minimum atomic E-state index is -0.505. The van der Waals surface area contributed by atoms with Gasteiger partial charge in [-0.05, 0) is 12.1 Å². The van der Waals surface area contributed by atoms with Crippen molar-refractivity contribution in [3.05, 3.63) is 46.8 Å². The second kappa shape index (κ2) is 5.63. The first kappa shape index (κ1) is 12.6. The Morgan fingerprint density at radius 3 is 2.74 bits per heavy atom. The number of H-pyrrole nitrogens is 1. The third kappa shape index (κ3) is 3.53. The van der Waals surface area contributed by atoms with Gasteiger partial charge in [0.2, 0.25) is 0 Å². The van der Waals surface area contributed by atoms with Crippen LogP contribution in [0.4, 0.5) is 11.4 Å². The van der Waals surface area contributed by atoms with Gasteiger partial charge < -0.3 is 10.1 Å². The molecule has 2 aromatic rings. The maximum absolute atomic E-state index is 11.5. The van der Waals surface area contributed by atoms with Gasteiger partial charge in [0.25, 0.3) is 11.6 Å². The summed E-state index contributed by atoms with van der Waals surface area (Å²) < 4.78 is 5.19. The van der Waals surface area contributed by atoms with Gasteiger partial charge in [-0.25, -0.2) is 0 Å². The Labute approximate surface area is 107 Å². The van der Waals surface area contributed by atoms with Crippen molar-refractivity contribution in [2.75, 3.05) is 11.9 Å². The lowest BCUT2D eigenvalue weighted by molar-refractivity contribution is -0.384. The monoisotopic (exact) mass is 262 g/mol. The molecule has 2 N–H and O–H groups in total. The molecule has 0 fully saturated rings. The summed E-state index contributed by atoms with van der Waals surface area (Å²) in [6.07, 6.45) is 2.99. The molecule has 1 aromatic carbocycles. The number of non-ortho nitro benzene ring substituents is 1. The number of anilines is 1. The zero-order valence-electron chi connectivity index (χ0n) is 9.70. The number of aromatic nitrogens is 2. The number of aromatic amines is 1. The third-order valence-electron chi connectivity index (χ3n) is 2.20. The number of nitro groups is 1. The van der Waals surface area contributed by atoms with Crippen LogP contribution in [0.25, 0.3) is 0 Å². The summed E-state index contributed by atoms with van der Waals surface area (Å²) in [5.41, 5.74) is 0.507. The van der Waals surface area contributed by atoms with E-state index in [0.717, 1.165) is 0 Å². The molecule has 19 heavy (non-hydrogen) atoms. The highest BCUT2D eigenvalue weighted by atomic mass is 16.6. The number of amides is 1. The molecule has 0 aliphatic rings. The third-order valence-corrected chi connectivity index (χ3v) is 2.20. The minimum Gasteiger partial charge on any atom is -0.484 e. The molecule has 0 unspecified atom stereocenters. The number of hydrogen-bond acceptors (Lipinski definition) is 5. The van der Waals surface area contributed by atoms with Crippen molar-refractivity contribution >= 4 is 17.3 Å². The van der Waals surface area contributed by atoms with Gasteiger partial charge in [-0.2, -0.15) is 5.10 Å². The van der Waals surface area contributed by atoms with Crippen LogP contribution in [0, 0.1) is 10.1 Å². The summed E-state index contributed by atoms with van der Waals surface area (Å²) in [5, 5.41) is 19.2. The van der Waals surface area contributed by atoms with E-state index in [2.05, 4.69) is 15.5 Å². The van der Waals surface area contributed by atoms with E-state index in [1.807, 2.05) is 0 Å². The van der Waals surface area contributed by atoms with Gasteiger partial charge >= 0.3 is 0 Å². The average molecular weight is 262 g/mol. The maximum Gasteiger partial charge on any atom is 0.269 e. The van der Waals surface area contributed by atoms with E-state index < -0.39 is 4.92 Å². The maximum atomic E-state index is 11.5. The smallest absolute Gasteiger partial charge is 0.269 e. The number of ether oxygens (including phenoxy) is 1. The van der Waals surface area contributed by atoms with Gasteiger partial charge in [-0.3, -0.25) is 20.0 Å². The summed E-state index contributed by atoms with van der Waals surface area (Å²) in [4.78, 5) is 21.4. The van der Waals surface area contributed by atoms with Crippen molar-refractivity contribution in [3.8, 4) is 5.75 Å². The first-order chi connectivity index (χ1) is 9.15. The molecule has 2 rings (SSSR count). The van der Waals surface area contributed by atoms with Crippen molar-refractivity contribution in [1.82, 2.24) is 10.2 Å². The van der Waals surface area contributed by atoms with Gasteiger partial charge in [0.1, 0.15) is 5.75 Å². The van der Waals surface area contributed by atoms with Gasteiger partial charge in [0.05, 0.1) is 16.8 Å². The van der Waals surface area contributed by atoms with Crippen LogP contribution < -0.4 is 10.1 Å². The molecule has 0 aliphatic carbocycles. The van der Waals surface area contributed by atoms with Crippen molar-refractivity contribution in [2.24, 2.45) is 0 Å². The van der Waals surface area contributed by atoms with Gasteiger partial charge in [-0.1, -0.05) is 0 Å². The second-order valence-electron chi connectivity index (χ2n) is 3.57. The van der Waals surface area contributed by atoms with Crippen molar-refractivity contribution in [3.63, 3.8) is 0 Å². The fraction of sp³-hybridized carbons (Fsp3) is 0.0909. The first-order valence-corrected chi connectivity index (χ1v) is 5.31. The summed E-state index contributed by atoms with van der Waals surface area (Å²) in [5.74, 6) is 0.0349. The molecular formula is C11H10N4O4. The van der Waals surface area contributed by atoms with E-state index in [9.17, 15) is 14.9 Å². The number of nitrogens with one attached hydrogen (secondary N) is 2. The molecule has 0 spiro atoms. The lowest BCUT2D eigenvalue weighted by Gasteiger charge is -2.05.